The van der Waals surface area contributed by atoms with Gasteiger partial charge in [-0.1, -0.05) is 18.3 Å². The molecule has 6 rings (SSSR count). The number of benzene rings is 1. The van der Waals surface area contributed by atoms with Gasteiger partial charge in [-0.2, -0.15) is 9.61 Å². The summed E-state index contributed by atoms with van der Waals surface area (Å²) in [4.78, 5) is 23.1. The lowest BCUT2D eigenvalue weighted by atomic mass is 10.2. The van der Waals surface area contributed by atoms with E-state index in [1.54, 1.807) is 0 Å². The molecule has 4 aromatic rings. The van der Waals surface area contributed by atoms with E-state index in [9.17, 15) is 4.79 Å². The van der Waals surface area contributed by atoms with E-state index in [0.717, 1.165) is 64.2 Å². The first kappa shape index (κ1) is 23.8. The fourth-order valence-electron chi connectivity index (χ4n) is 4.55. The number of amides is 1. The van der Waals surface area contributed by atoms with Crippen LogP contribution in [0.5, 0.6) is 0 Å². The summed E-state index contributed by atoms with van der Waals surface area (Å²) in [6, 6.07) is 10.8. The number of nitrogens with one attached hydrogen (secondary N) is 1. The normalized spacial score (nSPS) is 18.2. The Morgan fingerprint density at radius 1 is 1.17 bits per heavy atom. The highest BCUT2D eigenvalue weighted by molar-refractivity contribution is 7.99. The zero-order valence-electron chi connectivity index (χ0n) is 20.6. The van der Waals surface area contributed by atoms with Crippen molar-refractivity contribution in [1.29, 1.82) is 0 Å². The van der Waals surface area contributed by atoms with Crippen LogP contribution in [0.4, 0.5) is 5.13 Å². The number of thiazole rings is 1. The first-order valence-corrected chi connectivity index (χ1v) is 14.3. The standard InChI is InChI=1S/C25H30N8OS2/c1-3-16(2)32-12-10-31(11-13-32)15-23(34)27-24-26-20-7-6-18(14-21(20)36-24)35-25-29-28-22-9-8-19(17-4-5-17)30-33(22)25/h6-9,14,16-17H,3-5,10-13,15H2,1-2H3,(H,26,27,34). The van der Waals surface area contributed by atoms with Crippen LogP contribution in [0.15, 0.2) is 40.4 Å². The van der Waals surface area contributed by atoms with E-state index in [1.807, 2.05) is 22.7 Å². The van der Waals surface area contributed by atoms with Crippen LogP contribution in [0, 0.1) is 0 Å². The fourth-order valence-corrected chi connectivity index (χ4v) is 6.38. The van der Waals surface area contributed by atoms with Crippen molar-refractivity contribution in [3.8, 4) is 0 Å². The number of hydrogen-bond acceptors (Lipinski definition) is 9. The van der Waals surface area contributed by atoms with Crippen molar-refractivity contribution < 1.29 is 4.79 Å². The average molecular weight is 523 g/mol. The molecule has 2 fully saturated rings. The third-order valence-electron chi connectivity index (χ3n) is 7.05. The van der Waals surface area contributed by atoms with Gasteiger partial charge in [0, 0.05) is 43.0 Å². The molecule has 4 heterocycles. The molecule has 2 aliphatic rings. The van der Waals surface area contributed by atoms with Crippen LogP contribution in [-0.2, 0) is 4.79 Å². The minimum absolute atomic E-state index is 0.00637. The summed E-state index contributed by atoms with van der Waals surface area (Å²) >= 11 is 3.04. The third-order valence-corrected chi connectivity index (χ3v) is 8.91. The van der Waals surface area contributed by atoms with Gasteiger partial charge in [0.2, 0.25) is 11.1 Å². The first-order chi connectivity index (χ1) is 17.6. The van der Waals surface area contributed by atoms with E-state index in [4.69, 9.17) is 5.10 Å². The van der Waals surface area contributed by atoms with Crippen molar-refractivity contribution in [3.05, 3.63) is 36.0 Å². The zero-order valence-corrected chi connectivity index (χ0v) is 22.2. The summed E-state index contributed by atoms with van der Waals surface area (Å²) in [6.45, 7) is 8.78. The van der Waals surface area contributed by atoms with Gasteiger partial charge in [-0.05, 0) is 68.3 Å². The molecule has 0 spiro atoms. The molecule has 1 saturated carbocycles. The maximum absolute atomic E-state index is 12.7. The Hall–Kier alpha value is -2.60. The zero-order chi connectivity index (χ0) is 24.6. The highest BCUT2D eigenvalue weighted by Crippen LogP contribution is 2.39. The highest BCUT2D eigenvalue weighted by atomic mass is 32.2. The molecule has 9 nitrogen and oxygen atoms in total. The Kier molecular flexibility index (Phi) is 6.63. The minimum Gasteiger partial charge on any atom is -0.301 e. The number of hydrogen-bond donors (Lipinski definition) is 1. The summed E-state index contributed by atoms with van der Waals surface area (Å²) in [6.07, 6.45) is 3.57. The second-order valence-corrected chi connectivity index (χ2v) is 11.7. The van der Waals surface area contributed by atoms with Gasteiger partial charge < -0.3 is 5.32 Å². The smallest absolute Gasteiger partial charge is 0.240 e. The van der Waals surface area contributed by atoms with Crippen LogP contribution in [0.25, 0.3) is 15.9 Å². The molecule has 1 saturated heterocycles. The van der Waals surface area contributed by atoms with Crippen molar-refractivity contribution in [3.63, 3.8) is 0 Å². The van der Waals surface area contributed by atoms with Gasteiger partial charge in [0.15, 0.2) is 10.8 Å². The molecule has 1 aliphatic carbocycles. The maximum atomic E-state index is 12.7. The summed E-state index contributed by atoms with van der Waals surface area (Å²) in [5.74, 6) is 0.569. The third kappa shape index (κ3) is 5.10. The molecule has 3 aromatic heterocycles. The van der Waals surface area contributed by atoms with Gasteiger partial charge in [0.1, 0.15) is 0 Å². The molecule has 1 N–H and O–H groups in total. The number of anilines is 1. The van der Waals surface area contributed by atoms with Gasteiger partial charge in [-0.3, -0.25) is 14.6 Å². The number of carbonyl (C=O) groups is 1. The molecular formula is C25H30N8OS2. The Morgan fingerprint density at radius 2 is 2.00 bits per heavy atom. The number of carbonyl (C=O) groups excluding carboxylic acids is 1. The molecule has 0 bridgehead atoms. The second-order valence-electron chi connectivity index (χ2n) is 9.65. The number of piperazine rings is 1. The molecular weight excluding hydrogens is 492 g/mol. The van der Waals surface area contributed by atoms with Gasteiger partial charge in [0.25, 0.3) is 0 Å². The molecule has 1 aromatic carbocycles. The SMILES string of the molecule is CCC(C)N1CCN(CC(=O)Nc2nc3ccc(Sc4nnc5ccc(C6CC6)nn45)cc3s2)CC1. The summed E-state index contributed by atoms with van der Waals surface area (Å²) in [7, 11) is 0. The van der Waals surface area contributed by atoms with Gasteiger partial charge >= 0.3 is 0 Å². The Labute approximate surface area is 218 Å². The predicted molar refractivity (Wildman–Crippen MR) is 143 cm³/mol. The largest absolute Gasteiger partial charge is 0.301 e. The Balaban J connectivity index is 1.10. The second kappa shape index (κ2) is 10.0. The summed E-state index contributed by atoms with van der Waals surface area (Å²) < 4.78 is 2.86. The molecule has 1 unspecified atom stereocenters. The van der Waals surface area contributed by atoms with E-state index >= 15 is 0 Å². The number of rotatable bonds is 8. The van der Waals surface area contributed by atoms with Crippen molar-refractivity contribution in [1.82, 2.24) is 34.6 Å². The van der Waals surface area contributed by atoms with Crippen LogP contribution in [0.1, 0.15) is 44.7 Å². The molecule has 1 amide bonds. The van der Waals surface area contributed by atoms with Crippen LogP contribution in [0.2, 0.25) is 0 Å². The molecule has 1 aliphatic heterocycles. The van der Waals surface area contributed by atoms with Crippen molar-refractivity contribution in [2.45, 2.75) is 55.1 Å². The molecule has 36 heavy (non-hydrogen) atoms. The van der Waals surface area contributed by atoms with E-state index in [0.29, 0.717) is 23.6 Å². The van der Waals surface area contributed by atoms with Crippen molar-refractivity contribution in [2.24, 2.45) is 0 Å². The van der Waals surface area contributed by atoms with Gasteiger partial charge in [-0.15, -0.1) is 10.2 Å². The van der Waals surface area contributed by atoms with Crippen molar-refractivity contribution >= 4 is 50.0 Å². The topological polar surface area (TPSA) is 91.5 Å². The predicted octanol–water partition coefficient (Wildman–Crippen LogP) is 4.12. The molecule has 188 valence electrons. The Bertz CT molecular complexity index is 1390. The van der Waals surface area contributed by atoms with Crippen molar-refractivity contribution in [2.75, 3.05) is 38.0 Å². The average Bonchev–Trinajstić information content (AvgIpc) is 3.56. The molecule has 0 radical (unpaired) electrons. The monoisotopic (exact) mass is 522 g/mol. The lowest BCUT2D eigenvalue weighted by molar-refractivity contribution is -0.117. The summed E-state index contributed by atoms with van der Waals surface area (Å²) in [5.41, 5.74) is 2.74. The number of aromatic nitrogens is 5. The van der Waals surface area contributed by atoms with Crippen LogP contribution < -0.4 is 5.32 Å². The van der Waals surface area contributed by atoms with Gasteiger partial charge in [-0.25, -0.2) is 4.98 Å². The minimum atomic E-state index is -0.00637. The quantitative estimate of drug-likeness (QED) is 0.370. The van der Waals surface area contributed by atoms with E-state index in [1.165, 1.54) is 35.9 Å². The van der Waals surface area contributed by atoms with Gasteiger partial charge in [0.05, 0.1) is 22.5 Å². The number of nitrogens with zero attached hydrogens (tertiary/aromatic N) is 7. The molecule has 1 atom stereocenters. The van der Waals surface area contributed by atoms with Crippen LogP contribution in [-0.4, -0.2) is 79.3 Å². The van der Waals surface area contributed by atoms with E-state index in [2.05, 4.69) is 56.3 Å². The highest BCUT2D eigenvalue weighted by Gasteiger charge is 2.26. The Morgan fingerprint density at radius 3 is 2.78 bits per heavy atom. The van der Waals surface area contributed by atoms with Crippen LogP contribution >= 0.6 is 23.1 Å². The number of fused-ring (bicyclic) bond motifs is 2. The lowest BCUT2D eigenvalue weighted by Crippen LogP contribution is -2.51. The maximum Gasteiger partial charge on any atom is 0.240 e. The van der Waals surface area contributed by atoms with E-state index < -0.39 is 0 Å². The first-order valence-electron chi connectivity index (χ1n) is 12.6. The molecule has 11 heteroatoms. The van der Waals surface area contributed by atoms with E-state index in [-0.39, 0.29) is 5.91 Å². The van der Waals surface area contributed by atoms with Crippen LogP contribution in [0.3, 0.4) is 0 Å². The summed E-state index contributed by atoms with van der Waals surface area (Å²) in [5, 5.41) is 17.8. The lowest BCUT2D eigenvalue weighted by Gasteiger charge is -2.37. The fraction of sp³-hybridized carbons (Fsp3) is 0.480.